The molecule has 0 fully saturated rings. The van der Waals surface area contributed by atoms with E-state index >= 15 is 0 Å². The lowest BCUT2D eigenvalue weighted by Gasteiger charge is -2.04. The van der Waals surface area contributed by atoms with Gasteiger partial charge in [0.05, 0.1) is 0 Å². The summed E-state index contributed by atoms with van der Waals surface area (Å²) in [7, 11) is 0. The Balaban J connectivity index is 2.58. The third-order valence-electron chi connectivity index (χ3n) is 2.09. The van der Waals surface area contributed by atoms with Crippen LogP contribution in [-0.2, 0) is 0 Å². The van der Waals surface area contributed by atoms with Crippen molar-refractivity contribution in [3.05, 3.63) is 54.1 Å². The zero-order valence-corrected chi connectivity index (χ0v) is 7.74. The van der Waals surface area contributed by atoms with Crippen molar-refractivity contribution in [2.45, 2.75) is 0 Å². The first-order valence-corrected chi connectivity index (χ1v) is 4.41. The van der Waals surface area contributed by atoms with Crippen LogP contribution in [0.4, 0.5) is 8.78 Å². The predicted octanol–water partition coefficient (Wildman–Crippen LogP) is 3.34. The highest BCUT2D eigenvalue weighted by molar-refractivity contribution is 5.65. The summed E-state index contributed by atoms with van der Waals surface area (Å²) in [6.07, 6.45) is 0. The fraction of sp³-hybridized carbons (Fsp3) is 0. The van der Waals surface area contributed by atoms with Crippen LogP contribution < -0.4 is 0 Å². The normalized spacial score (nSPS) is 10.3. The van der Waals surface area contributed by atoms with Crippen molar-refractivity contribution in [2.24, 2.45) is 0 Å². The zero-order valence-electron chi connectivity index (χ0n) is 7.74. The Morgan fingerprint density at radius 2 is 1.73 bits per heavy atom. The van der Waals surface area contributed by atoms with Gasteiger partial charge in [0.2, 0.25) is 0 Å². The molecule has 76 valence electrons. The van der Waals surface area contributed by atoms with Gasteiger partial charge in [0, 0.05) is 5.56 Å². The quantitative estimate of drug-likeness (QED) is 0.758. The molecule has 1 N–H and O–H groups in total. The first-order chi connectivity index (χ1) is 7.16. The number of benzene rings is 2. The minimum atomic E-state index is -0.488. The Kier molecular flexibility index (Phi) is 2.37. The molecule has 0 bridgehead atoms. The lowest BCUT2D eigenvalue weighted by molar-refractivity contribution is 0.473. The summed E-state index contributed by atoms with van der Waals surface area (Å²) in [5.41, 5.74) is 0.595. The van der Waals surface area contributed by atoms with Crippen LogP contribution in [0.5, 0.6) is 5.75 Å². The van der Waals surface area contributed by atoms with Gasteiger partial charge in [-0.1, -0.05) is 12.1 Å². The molecule has 0 unspecified atom stereocenters. The smallest absolute Gasteiger partial charge is 0.131 e. The first kappa shape index (κ1) is 9.65. The van der Waals surface area contributed by atoms with Crippen molar-refractivity contribution in [1.82, 2.24) is 0 Å². The van der Waals surface area contributed by atoms with Gasteiger partial charge in [-0.05, 0) is 35.9 Å². The summed E-state index contributed by atoms with van der Waals surface area (Å²) in [6.45, 7) is 0. The summed E-state index contributed by atoms with van der Waals surface area (Å²) in [6, 6.07) is 9.24. The highest BCUT2D eigenvalue weighted by Crippen LogP contribution is 2.26. The molecule has 0 radical (unpaired) electrons. The number of hydrogen-bond acceptors (Lipinski definition) is 1. The lowest BCUT2D eigenvalue weighted by Crippen LogP contribution is -1.84. The second-order valence-electron chi connectivity index (χ2n) is 3.17. The standard InChI is InChI=1S/C12H8F2O/c13-9-3-1-2-8(6-9)11-7-10(15)4-5-12(11)14/h1-7,15H. The summed E-state index contributed by atoms with van der Waals surface area (Å²) < 4.78 is 26.3. The lowest BCUT2D eigenvalue weighted by atomic mass is 10.0. The number of hydrogen-bond donors (Lipinski definition) is 1. The van der Waals surface area contributed by atoms with Crippen molar-refractivity contribution in [2.75, 3.05) is 0 Å². The van der Waals surface area contributed by atoms with E-state index in [-0.39, 0.29) is 11.3 Å². The fourth-order valence-corrected chi connectivity index (χ4v) is 1.39. The third kappa shape index (κ3) is 1.96. The molecule has 15 heavy (non-hydrogen) atoms. The van der Waals surface area contributed by atoms with Crippen molar-refractivity contribution in [1.29, 1.82) is 0 Å². The number of phenolic OH excluding ortho intramolecular Hbond substituents is 1. The van der Waals surface area contributed by atoms with Crippen molar-refractivity contribution in [3.63, 3.8) is 0 Å². The SMILES string of the molecule is Oc1ccc(F)c(-c2cccc(F)c2)c1. The molecule has 0 aliphatic heterocycles. The molecule has 0 amide bonds. The largest absolute Gasteiger partial charge is 0.508 e. The summed E-state index contributed by atoms with van der Waals surface area (Å²) >= 11 is 0. The van der Waals surface area contributed by atoms with Gasteiger partial charge in [0.25, 0.3) is 0 Å². The van der Waals surface area contributed by atoms with Gasteiger partial charge in [-0.3, -0.25) is 0 Å². The fourth-order valence-electron chi connectivity index (χ4n) is 1.39. The van der Waals surface area contributed by atoms with Crippen LogP contribution in [0.25, 0.3) is 11.1 Å². The third-order valence-corrected chi connectivity index (χ3v) is 2.09. The maximum atomic E-state index is 13.4. The molecule has 2 rings (SSSR count). The molecule has 0 heterocycles. The molecular formula is C12H8F2O. The van der Waals surface area contributed by atoms with E-state index in [1.54, 1.807) is 6.07 Å². The monoisotopic (exact) mass is 206 g/mol. The minimum Gasteiger partial charge on any atom is -0.508 e. The Bertz CT molecular complexity index is 495. The Labute approximate surface area is 85.6 Å². The van der Waals surface area contributed by atoms with E-state index in [2.05, 4.69) is 0 Å². The Hall–Kier alpha value is -1.90. The highest BCUT2D eigenvalue weighted by atomic mass is 19.1. The molecule has 0 spiro atoms. The van der Waals surface area contributed by atoms with E-state index in [9.17, 15) is 13.9 Å². The molecule has 2 aromatic rings. The van der Waals surface area contributed by atoms with E-state index in [1.165, 1.54) is 30.3 Å². The minimum absolute atomic E-state index is 0.0457. The molecule has 0 atom stereocenters. The van der Waals surface area contributed by atoms with Crippen LogP contribution in [0.15, 0.2) is 42.5 Å². The van der Waals surface area contributed by atoms with Gasteiger partial charge < -0.3 is 5.11 Å². The first-order valence-electron chi connectivity index (χ1n) is 4.41. The zero-order chi connectivity index (χ0) is 10.8. The molecule has 1 nitrogen and oxygen atoms in total. The maximum Gasteiger partial charge on any atom is 0.131 e. The number of phenols is 1. The summed E-state index contributed by atoms with van der Waals surface area (Å²) in [5, 5.41) is 9.21. The number of rotatable bonds is 1. The predicted molar refractivity (Wildman–Crippen MR) is 53.5 cm³/mol. The van der Waals surface area contributed by atoms with Crippen LogP contribution >= 0.6 is 0 Å². The highest BCUT2D eigenvalue weighted by Gasteiger charge is 2.06. The molecule has 0 aliphatic carbocycles. The van der Waals surface area contributed by atoms with E-state index < -0.39 is 11.6 Å². The van der Waals surface area contributed by atoms with Gasteiger partial charge in [0.1, 0.15) is 17.4 Å². The topological polar surface area (TPSA) is 20.2 Å². The van der Waals surface area contributed by atoms with E-state index in [4.69, 9.17) is 0 Å². The molecule has 0 aromatic heterocycles. The van der Waals surface area contributed by atoms with E-state index in [0.29, 0.717) is 5.56 Å². The van der Waals surface area contributed by atoms with Gasteiger partial charge in [-0.15, -0.1) is 0 Å². The van der Waals surface area contributed by atoms with E-state index in [0.717, 1.165) is 6.07 Å². The number of aromatic hydroxyl groups is 1. The summed E-state index contributed by atoms with van der Waals surface area (Å²) in [5.74, 6) is -0.968. The Morgan fingerprint density at radius 1 is 0.933 bits per heavy atom. The van der Waals surface area contributed by atoms with Gasteiger partial charge in [0.15, 0.2) is 0 Å². The molecular weight excluding hydrogens is 198 g/mol. The summed E-state index contributed by atoms with van der Waals surface area (Å²) in [4.78, 5) is 0. The van der Waals surface area contributed by atoms with Crippen molar-refractivity contribution in [3.8, 4) is 16.9 Å². The second-order valence-corrected chi connectivity index (χ2v) is 3.17. The van der Waals surface area contributed by atoms with Gasteiger partial charge in [-0.2, -0.15) is 0 Å². The second kappa shape index (κ2) is 3.69. The van der Waals surface area contributed by atoms with Crippen LogP contribution in [0.2, 0.25) is 0 Å². The number of halogens is 2. The van der Waals surface area contributed by atoms with Crippen molar-refractivity contribution >= 4 is 0 Å². The van der Waals surface area contributed by atoms with Gasteiger partial charge >= 0.3 is 0 Å². The average Bonchev–Trinajstić information content (AvgIpc) is 2.22. The maximum absolute atomic E-state index is 13.4. The van der Waals surface area contributed by atoms with Gasteiger partial charge in [-0.25, -0.2) is 8.78 Å². The van der Waals surface area contributed by atoms with E-state index in [1.807, 2.05) is 0 Å². The molecule has 0 saturated carbocycles. The van der Waals surface area contributed by atoms with Crippen molar-refractivity contribution < 1.29 is 13.9 Å². The molecule has 0 aliphatic rings. The average molecular weight is 206 g/mol. The molecule has 0 saturated heterocycles. The van der Waals surface area contributed by atoms with Crippen LogP contribution in [-0.4, -0.2) is 5.11 Å². The Morgan fingerprint density at radius 3 is 2.47 bits per heavy atom. The van der Waals surface area contributed by atoms with Crippen LogP contribution in [0.3, 0.4) is 0 Å². The molecule has 3 heteroatoms. The van der Waals surface area contributed by atoms with Crippen LogP contribution in [0, 0.1) is 11.6 Å². The molecule has 2 aromatic carbocycles. The van der Waals surface area contributed by atoms with Crippen LogP contribution in [0.1, 0.15) is 0 Å².